The van der Waals surface area contributed by atoms with Crippen LogP contribution in [0, 0.1) is 5.92 Å². The van der Waals surface area contributed by atoms with E-state index >= 15 is 0 Å². The van der Waals surface area contributed by atoms with Crippen molar-refractivity contribution in [3.63, 3.8) is 0 Å². The molecule has 0 amide bonds. The summed E-state index contributed by atoms with van der Waals surface area (Å²) in [6.45, 7) is 4.59. The molecular weight excluding hydrogens is 292 g/mol. The average Bonchev–Trinajstić information content (AvgIpc) is 3.16. The topological polar surface area (TPSA) is 25.4 Å². The Morgan fingerprint density at radius 1 is 1.27 bits per heavy atom. The van der Waals surface area contributed by atoms with Gasteiger partial charge in [-0.2, -0.15) is 0 Å². The predicted octanol–water partition coefficient (Wildman–Crippen LogP) is 3.35. The number of thioether (sulfide) groups is 1. The molecule has 3 aliphatic rings. The van der Waals surface area contributed by atoms with Crippen LogP contribution in [0.25, 0.3) is 0 Å². The molecule has 2 aliphatic heterocycles. The van der Waals surface area contributed by atoms with Crippen LogP contribution in [0.4, 0.5) is 0 Å². The Kier molecular flexibility index (Phi) is 4.43. The van der Waals surface area contributed by atoms with Gasteiger partial charge in [-0.05, 0) is 37.3 Å². The maximum atomic E-state index is 6.09. The first kappa shape index (κ1) is 15.0. The summed E-state index contributed by atoms with van der Waals surface area (Å²) in [5.41, 5.74) is 1.05. The molecular formula is C18H26N2OS. The zero-order valence-electron chi connectivity index (χ0n) is 13.2. The van der Waals surface area contributed by atoms with Crippen molar-refractivity contribution < 1.29 is 4.74 Å². The van der Waals surface area contributed by atoms with Crippen molar-refractivity contribution in [2.24, 2.45) is 5.92 Å². The molecule has 0 N–H and O–H groups in total. The smallest absolute Gasteiger partial charge is 0.0892 e. The molecule has 0 radical (unpaired) electrons. The third kappa shape index (κ3) is 3.34. The highest BCUT2D eigenvalue weighted by Crippen LogP contribution is 2.46. The molecule has 1 spiro atoms. The fourth-order valence-corrected chi connectivity index (χ4v) is 5.88. The molecule has 22 heavy (non-hydrogen) atoms. The highest BCUT2D eigenvalue weighted by atomic mass is 32.2. The summed E-state index contributed by atoms with van der Waals surface area (Å²) in [7, 11) is 0. The number of nitrogens with zero attached hydrogens (tertiary/aromatic N) is 2. The molecule has 1 aliphatic carbocycles. The number of hydrogen-bond donors (Lipinski definition) is 0. The first-order chi connectivity index (χ1) is 10.8. The van der Waals surface area contributed by atoms with Crippen molar-refractivity contribution in [2.75, 3.05) is 25.4 Å². The Labute approximate surface area is 137 Å². The minimum absolute atomic E-state index is 0.417. The van der Waals surface area contributed by atoms with Gasteiger partial charge in [0.15, 0.2) is 0 Å². The SMILES string of the molecule is c1ccc(CO[C@@H]2CSC3(C2)CN(CC2CCCC2)C3)nc1. The van der Waals surface area contributed by atoms with E-state index in [1.807, 2.05) is 24.4 Å². The van der Waals surface area contributed by atoms with Gasteiger partial charge in [-0.3, -0.25) is 4.98 Å². The van der Waals surface area contributed by atoms with Crippen molar-refractivity contribution in [1.82, 2.24) is 9.88 Å². The Balaban J connectivity index is 1.20. The summed E-state index contributed by atoms with van der Waals surface area (Å²) < 4.78 is 6.59. The number of pyridine rings is 1. The maximum absolute atomic E-state index is 6.09. The van der Waals surface area contributed by atoms with E-state index in [2.05, 4.69) is 21.6 Å². The van der Waals surface area contributed by atoms with E-state index in [0.717, 1.165) is 17.4 Å². The van der Waals surface area contributed by atoms with Crippen LogP contribution < -0.4 is 0 Å². The van der Waals surface area contributed by atoms with E-state index in [-0.39, 0.29) is 0 Å². The molecule has 3 fully saturated rings. The highest BCUT2D eigenvalue weighted by Gasteiger charge is 2.49. The van der Waals surface area contributed by atoms with Crippen LogP contribution in [0.5, 0.6) is 0 Å². The van der Waals surface area contributed by atoms with Crippen molar-refractivity contribution in [3.05, 3.63) is 30.1 Å². The molecule has 2 saturated heterocycles. The van der Waals surface area contributed by atoms with Crippen molar-refractivity contribution >= 4 is 11.8 Å². The van der Waals surface area contributed by atoms with Gasteiger partial charge in [0, 0.05) is 36.3 Å². The van der Waals surface area contributed by atoms with E-state index in [1.54, 1.807) is 0 Å². The van der Waals surface area contributed by atoms with Gasteiger partial charge >= 0.3 is 0 Å². The second-order valence-corrected chi connectivity index (χ2v) is 8.76. The van der Waals surface area contributed by atoms with Gasteiger partial charge in [-0.1, -0.05) is 18.9 Å². The summed E-state index contributed by atoms with van der Waals surface area (Å²) in [5, 5.41) is 0. The van der Waals surface area contributed by atoms with Crippen molar-refractivity contribution in [3.8, 4) is 0 Å². The summed E-state index contributed by atoms with van der Waals surface area (Å²) in [6, 6.07) is 6.03. The molecule has 0 bridgehead atoms. The Bertz CT molecular complexity index is 483. The van der Waals surface area contributed by atoms with Gasteiger partial charge < -0.3 is 9.64 Å². The van der Waals surface area contributed by atoms with Crippen LogP contribution in [-0.4, -0.2) is 46.1 Å². The second-order valence-electron chi connectivity index (χ2n) is 7.27. The standard InChI is InChI=1S/C18H26N2OS/c1-2-6-15(5-1)10-20-13-18(14-20)9-17(12-22-18)21-11-16-7-3-4-8-19-16/h3-4,7-8,15,17H,1-2,5-6,9-14H2/t17-/m0/s1. The molecule has 3 heterocycles. The summed E-state index contributed by atoms with van der Waals surface area (Å²) >= 11 is 2.15. The fraction of sp³-hybridized carbons (Fsp3) is 0.722. The van der Waals surface area contributed by atoms with Crippen molar-refractivity contribution in [1.29, 1.82) is 0 Å². The van der Waals surface area contributed by atoms with Crippen LogP contribution in [0.2, 0.25) is 0 Å². The Morgan fingerprint density at radius 3 is 2.91 bits per heavy atom. The van der Waals surface area contributed by atoms with E-state index in [0.29, 0.717) is 17.5 Å². The molecule has 4 rings (SSSR count). The van der Waals surface area contributed by atoms with Crippen molar-refractivity contribution in [2.45, 2.75) is 49.6 Å². The highest BCUT2D eigenvalue weighted by molar-refractivity contribution is 8.01. The monoisotopic (exact) mass is 318 g/mol. The lowest BCUT2D eigenvalue weighted by molar-refractivity contribution is 0.0236. The number of ether oxygens (including phenoxy) is 1. The molecule has 1 aromatic heterocycles. The van der Waals surface area contributed by atoms with E-state index < -0.39 is 0 Å². The van der Waals surface area contributed by atoms with E-state index in [9.17, 15) is 0 Å². The van der Waals surface area contributed by atoms with Gasteiger partial charge in [0.05, 0.1) is 18.4 Å². The third-order valence-corrected chi connectivity index (χ3v) is 6.96. The second kappa shape index (κ2) is 6.50. The normalized spacial score (nSPS) is 28.3. The molecule has 1 atom stereocenters. The number of rotatable bonds is 5. The van der Waals surface area contributed by atoms with E-state index in [4.69, 9.17) is 4.74 Å². The summed E-state index contributed by atoms with van der Waals surface area (Å²) in [5.74, 6) is 2.14. The molecule has 4 heteroatoms. The van der Waals surface area contributed by atoms with Gasteiger partial charge in [0.2, 0.25) is 0 Å². The quantitative estimate of drug-likeness (QED) is 0.831. The van der Waals surface area contributed by atoms with Gasteiger partial charge in [0.25, 0.3) is 0 Å². The Morgan fingerprint density at radius 2 is 2.14 bits per heavy atom. The van der Waals surface area contributed by atoms with Gasteiger partial charge in [0.1, 0.15) is 0 Å². The minimum atomic E-state index is 0.417. The summed E-state index contributed by atoms with van der Waals surface area (Å²) in [4.78, 5) is 7.02. The first-order valence-corrected chi connectivity index (χ1v) is 9.68. The molecule has 3 nitrogen and oxygen atoms in total. The average molecular weight is 318 g/mol. The molecule has 120 valence electrons. The lowest BCUT2D eigenvalue weighted by Crippen LogP contribution is -2.59. The fourth-order valence-electron chi connectivity index (χ4n) is 4.27. The molecule has 1 saturated carbocycles. The number of aromatic nitrogens is 1. The van der Waals surface area contributed by atoms with Crippen LogP contribution in [-0.2, 0) is 11.3 Å². The number of hydrogen-bond acceptors (Lipinski definition) is 4. The zero-order chi connectivity index (χ0) is 14.8. The zero-order valence-corrected chi connectivity index (χ0v) is 14.1. The third-order valence-electron chi connectivity index (χ3n) is 5.38. The predicted molar refractivity (Wildman–Crippen MR) is 91.0 cm³/mol. The van der Waals surface area contributed by atoms with Crippen LogP contribution >= 0.6 is 11.8 Å². The first-order valence-electron chi connectivity index (χ1n) is 8.69. The molecule has 0 unspecified atom stereocenters. The van der Waals surface area contributed by atoms with Crippen LogP contribution in [0.3, 0.4) is 0 Å². The van der Waals surface area contributed by atoms with Crippen LogP contribution in [0.15, 0.2) is 24.4 Å². The summed E-state index contributed by atoms with van der Waals surface area (Å²) in [6.07, 6.45) is 9.34. The minimum Gasteiger partial charge on any atom is -0.371 e. The van der Waals surface area contributed by atoms with Gasteiger partial charge in [-0.15, -0.1) is 11.8 Å². The molecule has 0 aromatic carbocycles. The Hall–Kier alpha value is -0.580. The maximum Gasteiger partial charge on any atom is 0.0892 e. The number of likely N-dealkylation sites (tertiary alicyclic amines) is 1. The van der Waals surface area contributed by atoms with Crippen LogP contribution in [0.1, 0.15) is 37.8 Å². The van der Waals surface area contributed by atoms with Gasteiger partial charge in [-0.25, -0.2) is 0 Å². The molecule has 1 aromatic rings. The lowest BCUT2D eigenvalue weighted by atomic mass is 9.91. The largest absolute Gasteiger partial charge is 0.371 e. The van der Waals surface area contributed by atoms with E-state index in [1.165, 1.54) is 51.7 Å². The lowest BCUT2D eigenvalue weighted by Gasteiger charge is -2.48.